The van der Waals surface area contributed by atoms with Crippen LogP contribution in [0.5, 0.6) is 0 Å². The molecule has 0 atom stereocenters. The first-order valence-corrected chi connectivity index (χ1v) is 10.8. The van der Waals surface area contributed by atoms with Gasteiger partial charge in [-0.3, -0.25) is 14.5 Å². The normalized spacial score (nSPS) is 19.5. The number of carbonyl (C=O) groups excluding carboxylic acids is 2. The Morgan fingerprint density at radius 3 is 2.75 bits per heavy atom. The lowest BCUT2D eigenvalue weighted by molar-refractivity contribution is -0.908. The lowest BCUT2D eigenvalue weighted by Crippen LogP contribution is -3.14. The van der Waals surface area contributed by atoms with Crippen LogP contribution >= 0.6 is 24.0 Å². The third-order valence-corrected chi connectivity index (χ3v) is 6.16. The molecule has 0 bridgehead atoms. The summed E-state index contributed by atoms with van der Waals surface area (Å²) in [6.45, 7) is 7.29. The standard InChI is InChI=1S/C20H25N3O3S2/c1-15-3-5-16(6-4-15)13-17-19(25)23(20(27)28-17)14-18(24)21-7-2-8-22-9-11-26-12-10-22/h3-6,13H,2,7-12,14H2,1H3,(H,21,24)/p+1/b17-13+. The maximum Gasteiger partial charge on any atom is 0.266 e. The zero-order valence-corrected chi connectivity index (χ0v) is 17.7. The van der Waals surface area contributed by atoms with Gasteiger partial charge in [0.05, 0.1) is 24.7 Å². The lowest BCUT2D eigenvalue weighted by atomic mass is 10.1. The number of ether oxygens (including phenoxy) is 1. The summed E-state index contributed by atoms with van der Waals surface area (Å²) in [5.74, 6) is -0.381. The van der Waals surface area contributed by atoms with Crippen LogP contribution in [0.15, 0.2) is 29.2 Å². The van der Waals surface area contributed by atoms with Crippen molar-refractivity contribution in [1.82, 2.24) is 10.2 Å². The van der Waals surface area contributed by atoms with Gasteiger partial charge in [0.15, 0.2) is 0 Å². The number of amides is 2. The molecule has 3 rings (SSSR count). The second kappa shape index (κ2) is 10.2. The first-order valence-electron chi connectivity index (χ1n) is 9.53. The molecular weight excluding hydrogens is 394 g/mol. The minimum absolute atomic E-state index is 0.0275. The van der Waals surface area contributed by atoms with E-state index >= 15 is 0 Å². The molecule has 8 heteroatoms. The molecule has 1 aromatic rings. The van der Waals surface area contributed by atoms with Gasteiger partial charge in [-0.25, -0.2) is 0 Å². The van der Waals surface area contributed by atoms with Crippen molar-refractivity contribution >= 4 is 46.2 Å². The number of rotatable bonds is 7. The van der Waals surface area contributed by atoms with Crippen LogP contribution in [0.25, 0.3) is 6.08 Å². The topological polar surface area (TPSA) is 63.1 Å². The third-order valence-electron chi connectivity index (χ3n) is 4.78. The molecule has 0 aliphatic carbocycles. The first-order chi connectivity index (χ1) is 13.5. The number of aryl methyl sites for hydroxylation is 1. The second-order valence-corrected chi connectivity index (χ2v) is 8.67. The molecule has 2 aliphatic rings. The molecule has 2 saturated heterocycles. The molecule has 2 amide bonds. The van der Waals surface area contributed by atoms with Crippen molar-refractivity contribution in [2.75, 3.05) is 45.9 Å². The molecule has 28 heavy (non-hydrogen) atoms. The Morgan fingerprint density at radius 1 is 1.32 bits per heavy atom. The SMILES string of the molecule is Cc1ccc(/C=C2/SC(=S)N(CC(=O)NCCC[NH+]3CCOCC3)C2=O)cc1. The van der Waals surface area contributed by atoms with E-state index in [9.17, 15) is 9.59 Å². The highest BCUT2D eigenvalue weighted by Crippen LogP contribution is 2.32. The van der Waals surface area contributed by atoms with Crippen LogP contribution in [0, 0.1) is 6.92 Å². The Kier molecular flexibility index (Phi) is 7.61. The van der Waals surface area contributed by atoms with Crippen LogP contribution in [0.2, 0.25) is 0 Å². The van der Waals surface area contributed by atoms with Crippen molar-refractivity contribution in [3.05, 3.63) is 40.3 Å². The van der Waals surface area contributed by atoms with Gasteiger partial charge in [0, 0.05) is 13.0 Å². The molecular formula is C20H26N3O3S2+. The van der Waals surface area contributed by atoms with Crippen molar-refractivity contribution in [3.8, 4) is 0 Å². The van der Waals surface area contributed by atoms with E-state index < -0.39 is 0 Å². The highest BCUT2D eigenvalue weighted by atomic mass is 32.2. The number of morpholine rings is 1. The Hall–Kier alpha value is -1.74. The second-order valence-electron chi connectivity index (χ2n) is 6.99. The fraction of sp³-hybridized carbons (Fsp3) is 0.450. The number of hydrogen-bond acceptors (Lipinski definition) is 5. The zero-order valence-electron chi connectivity index (χ0n) is 16.0. The van der Waals surface area contributed by atoms with E-state index in [0.29, 0.717) is 15.8 Å². The predicted molar refractivity (Wildman–Crippen MR) is 115 cm³/mol. The summed E-state index contributed by atoms with van der Waals surface area (Å²) < 4.78 is 5.77. The van der Waals surface area contributed by atoms with Crippen molar-refractivity contribution in [3.63, 3.8) is 0 Å². The van der Waals surface area contributed by atoms with Gasteiger partial charge < -0.3 is 15.0 Å². The molecule has 2 aliphatic heterocycles. The molecule has 0 spiro atoms. The zero-order chi connectivity index (χ0) is 19.9. The largest absolute Gasteiger partial charge is 0.370 e. The molecule has 6 nitrogen and oxygen atoms in total. The van der Waals surface area contributed by atoms with Gasteiger partial charge in [0.25, 0.3) is 5.91 Å². The van der Waals surface area contributed by atoms with Crippen molar-refractivity contribution in [1.29, 1.82) is 0 Å². The molecule has 0 aromatic heterocycles. The van der Waals surface area contributed by atoms with E-state index in [-0.39, 0.29) is 18.4 Å². The summed E-state index contributed by atoms with van der Waals surface area (Å²) in [5.41, 5.74) is 2.11. The van der Waals surface area contributed by atoms with Gasteiger partial charge in [-0.2, -0.15) is 0 Å². The van der Waals surface area contributed by atoms with Crippen molar-refractivity contribution in [2.24, 2.45) is 0 Å². The predicted octanol–water partition coefficient (Wildman–Crippen LogP) is 0.618. The molecule has 2 fully saturated rings. The average molecular weight is 421 g/mol. The van der Waals surface area contributed by atoms with E-state index in [1.54, 1.807) is 0 Å². The highest BCUT2D eigenvalue weighted by molar-refractivity contribution is 8.26. The quantitative estimate of drug-likeness (QED) is 0.385. The average Bonchev–Trinajstić information content (AvgIpc) is 2.95. The fourth-order valence-electron chi connectivity index (χ4n) is 3.13. The maximum absolute atomic E-state index is 12.6. The number of thioether (sulfide) groups is 1. The summed E-state index contributed by atoms with van der Waals surface area (Å²) in [4.78, 5) is 28.3. The Bertz CT molecular complexity index is 758. The Labute approximate surface area is 175 Å². The monoisotopic (exact) mass is 420 g/mol. The number of nitrogens with zero attached hydrogens (tertiary/aromatic N) is 1. The number of benzene rings is 1. The maximum atomic E-state index is 12.6. The van der Waals surface area contributed by atoms with Gasteiger partial charge in [0.2, 0.25) is 5.91 Å². The van der Waals surface area contributed by atoms with Gasteiger partial charge in [-0.05, 0) is 18.6 Å². The third kappa shape index (κ3) is 5.88. The van der Waals surface area contributed by atoms with Crippen molar-refractivity contribution < 1.29 is 19.2 Å². The minimum Gasteiger partial charge on any atom is -0.370 e. The number of quaternary nitrogens is 1. The fourth-order valence-corrected chi connectivity index (χ4v) is 4.38. The molecule has 0 radical (unpaired) electrons. The molecule has 0 saturated carbocycles. The van der Waals surface area contributed by atoms with E-state index in [2.05, 4.69) is 5.32 Å². The number of carbonyl (C=O) groups is 2. The number of nitrogens with one attached hydrogen (secondary N) is 2. The molecule has 1 aromatic carbocycles. The van der Waals surface area contributed by atoms with Crippen LogP contribution in [0.1, 0.15) is 17.5 Å². The molecule has 150 valence electrons. The summed E-state index contributed by atoms with van der Waals surface area (Å²) in [6.07, 6.45) is 2.73. The summed E-state index contributed by atoms with van der Waals surface area (Å²) in [6, 6.07) is 7.92. The van der Waals surface area contributed by atoms with Crippen LogP contribution < -0.4 is 10.2 Å². The van der Waals surface area contributed by atoms with E-state index in [4.69, 9.17) is 17.0 Å². The van der Waals surface area contributed by atoms with Gasteiger partial charge >= 0.3 is 0 Å². The van der Waals surface area contributed by atoms with E-state index in [0.717, 1.165) is 50.4 Å². The van der Waals surface area contributed by atoms with Crippen LogP contribution in [-0.2, 0) is 14.3 Å². The summed E-state index contributed by atoms with van der Waals surface area (Å²) in [7, 11) is 0. The van der Waals surface area contributed by atoms with Gasteiger partial charge in [-0.15, -0.1) is 0 Å². The molecule has 2 heterocycles. The van der Waals surface area contributed by atoms with Crippen LogP contribution in [0.4, 0.5) is 0 Å². The lowest BCUT2D eigenvalue weighted by Gasteiger charge is -2.23. The van der Waals surface area contributed by atoms with Crippen molar-refractivity contribution in [2.45, 2.75) is 13.3 Å². The summed E-state index contributed by atoms with van der Waals surface area (Å²) >= 11 is 6.55. The minimum atomic E-state index is -0.205. The smallest absolute Gasteiger partial charge is 0.266 e. The number of hydrogen-bond donors (Lipinski definition) is 2. The Balaban J connectivity index is 1.45. The van der Waals surface area contributed by atoms with Crippen LogP contribution in [-0.4, -0.2) is 67.0 Å². The number of thiocarbonyl (C=S) groups is 1. The summed E-state index contributed by atoms with van der Waals surface area (Å²) in [5, 5.41) is 2.90. The molecule has 0 unspecified atom stereocenters. The van der Waals surface area contributed by atoms with Gasteiger partial charge in [0.1, 0.15) is 24.0 Å². The first kappa shape index (κ1) is 21.0. The molecule has 2 N–H and O–H groups in total. The highest BCUT2D eigenvalue weighted by Gasteiger charge is 2.33. The van der Waals surface area contributed by atoms with E-state index in [1.807, 2.05) is 37.3 Å². The van der Waals surface area contributed by atoms with E-state index in [1.165, 1.54) is 21.6 Å². The Morgan fingerprint density at radius 2 is 2.04 bits per heavy atom. The van der Waals surface area contributed by atoms with Gasteiger partial charge in [-0.1, -0.05) is 53.8 Å². The van der Waals surface area contributed by atoms with Crippen LogP contribution in [0.3, 0.4) is 0 Å².